The van der Waals surface area contributed by atoms with Crippen molar-refractivity contribution >= 4 is 12.0 Å². The van der Waals surface area contributed by atoms with E-state index in [9.17, 15) is 4.79 Å². The fourth-order valence-electron chi connectivity index (χ4n) is 1.09. The fraction of sp³-hybridized carbons (Fsp3) is 0.300. The molecule has 64 valence electrons. The zero-order chi connectivity index (χ0) is 8.97. The number of nitrogens with one attached hydrogen (secondary N) is 1. The van der Waals surface area contributed by atoms with Crippen LogP contribution in [-0.2, 0) is 4.79 Å². The van der Waals surface area contributed by atoms with Gasteiger partial charge in [-0.25, -0.2) is 0 Å². The minimum absolute atomic E-state index is 0.379. The molecule has 0 atom stereocenters. The van der Waals surface area contributed by atoms with Crippen molar-refractivity contribution in [3.8, 4) is 0 Å². The largest absolute Gasteiger partial charge is 0.378 e. The first-order chi connectivity index (χ1) is 5.75. The highest BCUT2D eigenvalue weighted by molar-refractivity contribution is 5.62. The lowest BCUT2D eigenvalue weighted by atomic mass is 10.1. The standard InChI is InChI=1S/C10H13NO/c1-8-4-3-5-10(9(8)2)11-6-7-12/h3-5,7,11H,6H2,1-2H3. The van der Waals surface area contributed by atoms with Crippen molar-refractivity contribution in [2.45, 2.75) is 13.8 Å². The number of benzene rings is 1. The Morgan fingerprint density at radius 1 is 1.42 bits per heavy atom. The maximum atomic E-state index is 10.1. The topological polar surface area (TPSA) is 29.1 Å². The molecule has 0 aliphatic heterocycles. The summed E-state index contributed by atoms with van der Waals surface area (Å²) in [7, 11) is 0. The summed E-state index contributed by atoms with van der Waals surface area (Å²) < 4.78 is 0. The monoisotopic (exact) mass is 163 g/mol. The lowest BCUT2D eigenvalue weighted by Gasteiger charge is -2.08. The van der Waals surface area contributed by atoms with Gasteiger partial charge in [0, 0.05) is 5.69 Å². The van der Waals surface area contributed by atoms with Gasteiger partial charge in [0.1, 0.15) is 6.29 Å². The Hall–Kier alpha value is -1.31. The predicted octanol–water partition coefficient (Wildman–Crippen LogP) is 1.91. The minimum atomic E-state index is 0.379. The first-order valence-corrected chi connectivity index (χ1v) is 3.99. The van der Waals surface area contributed by atoms with Crippen LogP contribution in [0.15, 0.2) is 18.2 Å². The van der Waals surface area contributed by atoms with E-state index < -0.39 is 0 Å². The molecular weight excluding hydrogens is 150 g/mol. The van der Waals surface area contributed by atoms with E-state index in [1.165, 1.54) is 11.1 Å². The Kier molecular flexibility index (Phi) is 2.86. The van der Waals surface area contributed by atoms with Gasteiger partial charge in [0.25, 0.3) is 0 Å². The van der Waals surface area contributed by atoms with Crippen LogP contribution in [0.2, 0.25) is 0 Å². The fourth-order valence-corrected chi connectivity index (χ4v) is 1.09. The van der Waals surface area contributed by atoms with Gasteiger partial charge in [-0.05, 0) is 31.0 Å². The molecule has 1 N–H and O–H groups in total. The third-order valence-corrected chi connectivity index (χ3v) is 1.98. The summed E-state index contributed by atoms with van der Waals surface area (Å²) in [4.78, 5) is 10.1. The summed E-state index contributed by atoms with van der Waals surface area (Å²) in [6.07, 6.45) is 0.863. The Balaban J connectivity index is 2.84. The number of carbonyl (C=O) groups is 1. The van der Waals surface area contributed by atoms with Crippen LogP contribution in [0.3, 0.4) is 0 Å². The maximum absolute atomic E-state index is 10.1. The molecule has 0 saturated heterocycles. The van der Waals surface area contributed by atoms with E-state index in [-0.39, 0.29) is 0 Å². The maximum Gasteiger partial charge on any atom is 0.139 e. The summed E-state index contributed by atoms with van der Waals surface area (Å²) >= 11 is 0. The molecule has 0 amide bonds. The molecule has 0 saturated carbocycles. The van der Waals surface area contributed by atoms with E-state index in [1.807, 2.05) is 19.1 Å². The number of rotatable bonds is 3. The zero-order valence-corrected chi connectivity index (χ0v) is 7.42. The Labute approximate surface area is 72.6 Å². The second-order valence-electron chi connectivity index (χ2n) is 2.80. The molecule has 0 aliphatic rings. The molecule has 0 aliphatic carbocycles. The lowest BCUT2D eigenvalue weighted by Crippen LogP contribution is -2.03. The summed E-state index contributed by atoms with van der Waals surface area (Å²) in [6, 6.07) is 6.02. The summed E-state index contributed by atoms with van der Waals surface area (Å²) in [6.45, 7) is 4.48. The van der Waals surface area contributed by atoms with Crippen LogP contribution in [0.5, 0.6) is 0 Å². The van der Waals surface area contributed by atoms with Crippen molar-refractivity contribution in [3.63, 3.8) is 0 Å². The molecular formula is C10H13NO. The summed E-state index contributed by atoms with van der Waals surface area (Å²) in [5, 5.41) is 3.04. The van der Waals surface area contributed by atoms with Crippen LogP contribution in [0.1, 0.15) is 11.1 Å². The van der Waals surface area contributed by atoms with Crippen LogP contribution in [-0.4, -0.2) is 12.8 Å². The average molecular weight is 163 g/mol. The van der Waals surface area contributed by atoms with Gasteiger partial charge in [0.05, 0.1) is 6.54 Å². The second kappa shape index (κ2) is 3.90. The second-order valence-corrected chi connectivity index (χ2v) is 2.80. The summed E-state index contributed by atoms with van der Waals surface area (Å²) in [5.74, 6) is 0. The highest BCUT2D eigenvalue weighted by atomic mass is 16.1. The van der Waals surface area contributed by atoms with Crippen LogP contribution >= 0.6 is 0 Å². The van der Waals surface area contributed by atoms with E-state index in [0.29, 0.717) is 6.54 Å². The van der Waals surface area contributed by atoms with Crippen LogP contribution < -0.4 is 5.32 Å². The van der Waals surface area contributed by atoms with Crippen molar-refractivity contribution in [1.29, 1.82) is 0 Å². The minimum Gasteiger partial charge on any atom is -0.378 e. The van der Waals surface area contributed by atoms with Gasteiger partial charge in [-0.15, -0.1) is 0 Å². The summed E-state index contributed by atoms with van der Waals surface area (Å²) in [5.41, 5.74) is 3.49. The number of carbonyl (C=O) groups excluding carboxylic acids is 1. The van der Waals surface area contributed by atoms with E-state index >= 15 is 0 Å². The molecule has 1 aromatic rings. The molecule has 1 rings (SSSR count). The van der Waals surface area contributed by atoms with Gasteiger partial charge < -0.3 is 10.1 Å². The number of aldehydes is 1. The molecule has 0 spiro atoms. The first-order valence-electron chi connectivity index (χ1n) is 3.99. The van der Waals surface area contributed by atoms with Crippen molar-refractivity contribution in [3.05, 3.63) is 29.3 Å². The Morgan fingerprint density at radius 3 is 2.83 bits per heavy atom. The average Bonchev–Trinajstić information content (AvgIpc) is 2.08. The Morgan fingerprint density at radius 2 is 2.17 bits per heavy atom. The molecule has 0 heterocycles. The van der Waals surface area contributed by atoms with Crippen molar-refractivity contribution in [1.82, 2.24) is 0 Å². The third-order valence-electron chi connectivity index (χ3n) is 1.98. The SMILES string of the molecule is Cc1cccc(NCC=O)c1C. The highest BCUT2D eigenvalue weighted by Crippen LogP contribution is 2.16. The highest BCUT2D eigenvalue weighted by Gasteiger charge is 1.97. The van der Waals surface area contributed by atoms with Gasteiger partial charge in [-0.1, -0.05) is 12.1 Å². The molecule has 0 unspecified atom stereocenters. The zero-order valence-electron chi connectivity index (χ0n) is 7.42. The Bertz CT molecular complexity index is 281. The number of hydrogen-bond donors (Lipinski definition) is 1. The number of hydrogen-bond acceptors (Lipinski definition) is 2. The van der Waals surface area contributed by atoms with Crippen LogP contribution in [0, 0.1) is 13.8 Å². The first kappa shape index (κ1) is 8.78. The number of aryl methyl sites for hydroxylation is 1. The molecule has 0 radical (unpaired) electrons. The lowest BCUT2D eigenvalue weighted by molar-refractivity contribution is -0.106. The smallest absolute Gasteiger partial charge is 0.139 e. The van der Waals surface area contributed by atoms with Gasteiger partial charge in [-0.2, -0.15) is 0 Å². The quantitative estimate of drug-likeness (QED) is 0.690. The molecule has 0 fully saturated rings. The normalized spacial score (nSPS) is 9.50. The van der Waals surface area contributed by atoms with Crippen LogP contribution in [0.25, 0.3) is 0 Å². The van der Waals surface area contributed by atoms with E-state index in [4.69, 9.17) is 0 Å². The van der Waals surface area contributed by atoms with Crippen LogP contribution in [0.4, 0.5) is 5.69 Å². The van der Waals surface area contributed by atoms with Gasteiger partial charge in [0.15, 0.2) is 0 Å². The predicted molar refractivity (Wildman–Crippen MR) is 50.5 cm³/mol. The molecule has 2 nitrogen and oxygen atoms in total. The molecule has 12 heavy (non-hydrogen) atoms. The van der Waals surface area contributed by atoms with Crippen molar-refractivity contribution in [2.24, 2.45) is 0 Å². The van der Waals surface area contributed by atoms with Crippen molar-refractivity contribution < 1.29 is 4.79 Å². The molecule has 2 heteroatoms. The van der Waals surface area contributed by atoms with E-state index in [1.54, 1.807) is 0 Å². The van der Waals surface area contributed by atoms with E-state index in [0.717, 1.165) is 12.0 Å². The van der Waals surface area contributed by atoms with Gasteiger partial charge in [-0.3, -0.25) is 0 Å². The molecule has 0 aromatic heterocycles. The third kappa shape index (κ3) is 1.84. The molecule has 0 bridgehead atoms. The van der Waals surface area contributed by atoms with Crippen molar-refractivity contribution in [2.75, 3.05) is 11.9 Å². The van der Waals surface area contributed by atoms with Gasteiger partial charge in [0.2, 0.25) is 0 Å². The number of anilines is 1. The molecule has 1 aromatic carbocycles. The van der Waals surface area contributed by atoms with Gasteiger partial charge >= 0.3 is 0 Å². The van der Waals surface area contributed by atoms with E-state index in [2.05, 4.69) is 18.3 Å².